The molecular formula is C10H13ClN2O2S. The van der Waals surface area contributed by atoms with E-state index in [2.05, 4.69) is 4.72 Å². The van der Waals surface area contributed by atoms with E-state index in [9.17, 15) is 8.42 Å². The lowest BCUT2D eigenvalue weighted by molar-refractivity contribution is 0.579. The quantitative estimate of drug-likeness (QED) is 0.811. The lowest BCUT2D eigenvalue weighted by Crippen LogP contribution is -2.27. The van der Waals surface area contributed by atoms with Gasteiger partial charge in [-0.05, 0) is 30.5 Å². The Balaban J connectivity index is 2.31. The Bertz CT molecular complexity index is 516. The van der Waals surface area contributed by atoms with Crippen LogP contribution in [0.25, 0.3) is 0 Å². The summed E-state index contributed by atoms with van der Waals surface area (Å²) in [7, 11) is -3.54. The van der Waals surface area contributed by atoms with Gasteiger partial charge < -0.3 is 5.73 Å². The molecule has 3 N–H and O–H groups in total. The Kier molecular flexibility index (Phi) is 2.86. The van der Waals surface area contributed by atoms with Crippen molar-refractivity contribution in [1.29, 1.82) is 0 Å². The SMILES string of the molecule is CC1CC1NS(=O)(=O)c1cc(Cl)ccc1N. The molecule has 16 heavy (non-hydrogen) atoms. The molecule has 1 fully saturated rings. The summed E-state index contributed by atoms with van der Waals surface area (Å²) in [5.41, 5.74) is 5.84. The predicted octanol–water partition coefficient (Wildman–Crippen LogP) is 1.61. The van der Waals surface area contributed by atoms with Gasteiger partial charge in [0.1, 0.15) is 4.90 Å². The first-order chi connectivity index (χ1) is 7.40. The molecule has 0 aliphatic heterocycles. The highest BCUT2D eigenvalue weighted by Crippen LogP contribution is 2.32. The number of rotatable bonds is 3. The fourth-order valence-corrected chi connectivity index (χ4v) is 3.24. The number of benzene rings is 1. The summed E-state index contributed by atoms with van der Waals surface area (Å²) in [6.07, 6.45) is 0.875. The normalized spacial score (nSPS) is 24.4. The van der Waals surface area contributed by atoms with Crippen LogP contribution in [0.3, 0.4) is 0 Å². The molecule has 1 saturated carbocycles. The lowest BCUT2D eigenvalue weighted by atomic mass is 10.3. The molecule has 0 bridgehead atoms. The van der Waals surface area contributed by atoms with E-state index in [-0.39, 0.29) is 16.6 Å². The number of hydrogen-bond donors (Lipinski definition) is 2. The van der Waals surface area contributed by atoms with E-state index in [0.717, 1.165) is 6.42 Å². The van der Waals surface area contributed by atoms with E-state index < -0.39 is 10.0 Å². The number of sulfonamides is 1. The number of nitrogen functional groups attached to an aromatic ring is 1. The van der Waals surface area contributed by atoms with Crippen LogP contribution in [0.15, 0.2) is 23.1 Å². The van der Waals surface area contributed by atoms with Crippen LogP contribution in [0.2, 0.25) is 5.02 Å². The van der Waals surface area contributed by atoms with Gasteiger partial charge >= 0.3 is 0 Å². The molecule has 0 saturated heterocycles. The summed E-state index contributed by atoms with van der Waals surface area (Å²) >= 11 is 5.76. The Morgan fingerprint density at radius 3 is 2.69 bits per heavy atom. The zero-order valence-electron chi connectivity index (χ0n) is 8.77. The molecule has 1 aliphatic rings. The maximum Gasteiger partial charge on any atom is 0.242 e. The van der Waals surface area contributed by atoms with Crippen LogP contribution in [0.4, 0.5) is 5.69 Å². The molecule has 0 spiro atoms. The zero-order chi connectivity index (χ0) is 11.9. The van der Waals surface area contributed by atoms with Gasteiger partial charge in [0.15, 0.2) is 0 Å². The number of anilines is 1. The van der Waals surface area contributed by atoms with Crippen molar-refractivity contribution in [2.75, 3.05) is 5.73 Å². The zero-order valence-corrected chi connectivity index (χ0v) is 10.3. The summed E-state index contributed by atoms with van der Waals surface area (Å²) in [6.45, 7) is 1.99. The smallest absolute Gasteiger partial charge is 0.242 e. The first-order valence-corrected chi connectivity index (χ1v) is 6.83. The standard InChI is InChI=1S/C10H13ClN2O2S/c1-6-4-9(6)13-16(14,15)10-5-7(11)2-3-8(10)12/h2-3,5-6,9,13H,4,12H2,1H3. The molecular weight excluding hydrogens is 248 g/mol. The third-order valence-electron chi connectivity index (χ3n) is 2.68. The van der Waals surface area contributed by atoms with Crippen molar-refractivity contribution in [2.24, 2.45) is 5.92 Å². The van der Waals surface area contributed by atoms with Gasteiger partial charge in [-0.2, -0.15) is 0 Å². The van der Waals surface area contributed by atoms with Crippen LogP contribution < -0.4 is 10.5 Å². The maximum absolute atomic E-state index is 12.0. The molecule has 1 aromatic carbocycles. The Hall–Kier alpha value is -0.780. The van der Waals surface area contributed by atoms with Crippen molar-refractivity contribution < 1.29 is 8.42 Å². The fraction of sp³-hybridized carbons (Fsp3) is 0.400. The second kappa shape index (κ2) is 3.91. The van der Waals surface area contributed by atoms with Gasteiger partial charge in [0.25, 0.3) is 0 Å². The molecule has 2 unspecified atom stereocenters. The average molecular weight is 261 g/mol. The van der Waals surface area contributed by atoms with E-state index in [4.69, 9.17) is 17.3 Å². The Morgan fingerprint density at radius 1 is 1.50 bits per heavy atom. The summed E-state index contributed by atoms with van der Waals surface area (Å²) in [5.74, 6) is 0.398. The first kappa shape index (κ1) is 11.7. The highest BCUT2D eigenvalue weighted by Gasteiger charge is 2.36. The first-order valence-electron chi connectivity index (χ1n) is 4.97. The monoisotopic (exact) mass is 260 g/mol. The van der Waals surface area contributed by atoms with E-state index in [1.807, 2.05) is 6.92 Å². The lowest BCUT2D eigenvalue weighted by Gasteiger charge is -2.08. The van der Waals surface area contributed by atoms with Crippen molar-refractivity contribution in [2.45, 2.75) is 24.3 Å². The molecule has 0 radical (unpaired) electrons. The molecule has 0 heterocycles. The van der Waals surface area contributed by atoms with Crippen molar-refractivity contribution in [3.05, 3.63) is 23.2 Å². The molecule has 1 aromatic rings. The molecule has 1 aliphatic carbocycles. The molecule has 6 heteroatoms. The highest BCUT2D eigenvalue weighted by atomic mass is 35.5. The van der Waals surface area contributed by atoms with Crippen molar-refractivity contribution in [1.82, 2.24) is 4.72 Å². The van der Waals surface area contributed by atoms with Crippen LogP contribution in [-0.4, -0.2) is 14.5 Å². The number of nitrogens with one attached hydrogen (secondary N) is 1. The van der Waals surface area contributed by atoms with E-state index in [0.29, 0.717) is 10.9 Å². The van der Waals surface area contributed by atoms with Gasteiger partial charge in [-0.25, -0.2) is 13.1 Å². The minimum absolute atomic E-state index is 0.0309. The van der Waals surface area contributed by atoms with Gasteiger partial charge in [0.2, 0.25) is 10.0 Å². The van der Waals surface area contributed by atoms with Gasteiger partial charge in [0, 0.05) is 11.1 Å². The molecule has 0 aromatic heterocycles. The van der Waals surface area contributed by atoms with Crippen LogP contribution >= 0.6 is 11.6 Å². The summed E-state index contributed by atoms with van der Waals surface area (Å²) < 4.78 is 26.5. The minimum Gasteiger partial charge on any atom is -0.398 e. The Morgan fingerprint density at radius 2 is 2.12 bits per heavy atom. The third kappa shape index (κ3) is 2.31. The number of hydrogen-bond acceptors (Lipinski definition) is 3. The summed E-state index contributed by atoms with van der Waals surface area (Å²) in [4.78, 5) is 0.0547. The van der Waals surface area contributed by atoms with Gasteiger partial charge in [-0.1, -0.05) is 18.5 Å². The summed E-state index contributed by atoms with van der Waals surface area (Å²) in [5, 5.41) is 0.360. The third-order valence-corrected chi connectivity index (χ3v) is 4.46. The second-order valence-corrected chi connectivity index (χ2v) is 6.24. The van der Waals surface area contributed by atoms with Gasteiger partial charge in [0.05, 0.1) is 5.69 Å². The van der Waals surface area contributed by atoms with Crippen LogP contribution in [0.5, 0.6) is 0 Å². The molecule has 0 amide bonds. The number of nitrogens with two attached hydrogens (primary N) is 1. The minimum atomic E-state index is -3.54. The molecule has 88 valence electrons. The van der Waals surface area contributed by atoms with E-state index in [1.54, 1.807) is 6.07 Å². The summed E-state index contributed by atoms with van der Waals surface area (Å²) in [6, 6.07) is 4.46. The van der Waals surface area contributed by atoms with Crippen molar-refractivity contribution >= 4 is 27.3 Å². The molecule has 4 nitrogen and oxygen atoms in total. The van der Waals surface area contributed by atoms with Gasteiger partial charge in [-0.3, -0.25) is 0 Å². The predicted molar refractivity (Wildman–Crippen MR) is 63.8 cm³/mol. The van der Waals surface area contributed by atoms with Crippen molar-refractivity contribution in [3.63, 3.8) is 0 Å². The fourth-order valence-electron chi connectivity index (χ4n) is 1.49. The average Bonchev–Trinajstić information content (AvgIpc) is 2.85. The van der Waals surface area contributed by atoms with Crippen LogP contribution in [0, 0.1) is 5.92 Å². The largest absolute Gasteiger partial charge is 0.398 e. The number of halogens is 1. The second-order valence-electron chi connectivity index (χ2n) is 4.12. The van der Waals surface area contributed by atoms with Crippen LogP contribution in [-0.2, 0) is 10.0 Å². The van der Waals surface area contributed by atoms with Crippen LogP contribution in [0.1, 0.15) is 13.3 Å². The Labute approximate surface area is 99.8 Å². The topological polar surface area (TPSA) is 72.2 Å². The highest BCUT2D eigenvalue weighted by molar-refractivity contribution is 7.89. The van der Waals surface area contributed by atoms with Gasteiger partial charge in [-0.15, -0.1) is 0 Å². The van der Waals surface area contributed by atoms with Crippen molar-refractivity contribution in [3.8, 4) is 0 Å². The van der Waals surface area contributed by atoms with E-state index >= 15 is 0 Å². The molecule has 2 rings (SSSR count). The maximum atomic E-state index is 12.0. The van der Waals surface area contributed by atoms with E-state index in [1.165, 1.54) is 12.1 Å². The molecule has 2 atom stereocenters.